The molecule has 3 nitrogen and oxygen atoms in total. The first kappa shape index (κ1) is 17.5. The molecule has 0 saturated heterocycles. The first-order valence-electron chi connectivity index (χ1n) is 6.90. The van der Waals surface area contributed by atoms with E-state index in [2.05, 4.69) is 5.32 Å². The molecular weight excluding hydrogens is 283 g/mol. The highest BCUT2D eigenvalue weighted by molar-refractivity contribution is 5.82. The highest BCUT2D eigenvalue weighted by atomic mass is 19.4. The van der Waals surface area contributed by atoms with E-state index < -0.39 is 24.2 Å². The van der Waals surface area contributed by atoms with Crippen LogP contribution in [0.1, 0.15) is 32.3 Å². The first-order chi connectivity index (χ1) is 9.85. The molecule has 1 aromatic carbocycles. The molecule has 0 radical (unpaired) electrons. The van der Waals surface area contributed by atoms with Crippen molar-refractivity contribution in [3.63, 3.8) is 0 Å². The van der Waals surface area contributed by atoms with Crippen LogP contribution in [-0.2, 0) is 15.1 Å². The van der Waals surface area contributed by atoms with Crippen LogP contribution >= 0.6 is 0 Å². The molecule has 1 atom stereocenters. The van der Waals surface area contributed by atoms with E-state index in [-0.39, 0.29) is 13.0 Å². The fraction of sp³-hybridized carbons (Fsp3) is 0.533. The summed E-state index contributed by atoms with van der Waals surface area (Å²) in [5.74, 6) is -0.678. The summed E-state index contributed by atoms with van der Waals surface area (Å²) in [6, 6.07) is 8.39. The van der Waals surface area contributed by atoms with E-state index in [9.17, 15) is 18.0 Å². The van der Waals surface area contributed by atoms with Crippen LogP contribution < -0.4 is 5.32 Å². The molecule has 6 heteroatoms. The average Bonchev–Trinajstić information content (AvgIpc) is 2.44. The van der Waals surface area contributed by atoms with E-state index in [1.54, 1.807) is 37.3 Å². The predicted molar refractivity (Wildman–Crippen MR) is 73.7 cm³/mol. The van der Waals surface area contributed by atoms with Gasteiger partial charge in [-0.3, -0.25) is 5.32 Å². The summed E-state index contributed by atoms with van der Waals surface area (Å²) < 4.78 is 42.7. The Morgan fingerprint density at radius 1 is 1.19 bits per heavy atom. The molecule has 0 heterocycles. The lowest BCUT2D eigenvalue weighted by atomic mass is 9.85. The van der Waals surface area contributed by atoms with Gasteiger partial charge in [0.15, 0.2) is 0 Å². The monoisotopic (exact) mass is 303 g/mol. The Balaban J connectivity index is 3.19. The molecule has 0 aliphatic heterocycles. The highest BCUT2D eigenvalue weighted by Gasteiger charge is 2.43. The predicted octanol–water partition coefficient (Wildman–Crippen LogP) is 3.40. The summed E-state index contributed by atoms with van der Waals surface area (Å²) in [6.45, 7) is 2.31. The van der Waals surface area contributed by atoms with E-state index in [0.29, 0.717) is 12.0 Å². The molecule has 1 aromatic rings. The molecule has 0 saturated carbocycles. The maximum atomic E-state index is 12.6. The van der Waals surface area contributed by atoms with Gasteiger partial charge in [-0.05, 0) is 18.9 Å². The van der Waals surface area contributed by atoms with Gasteiger partial charge < -0.3 is 4.74 Å². The Labute approximate surface area is 122 Å². The third kappa shape index (κ3) is 4.74. The first-order valence-corrected chi connectivity index (χ1v) is 6.90. The minimum atomic E-state index is -4.40. The van der Waals surface area contributed by atoms with Gasteiger partial charge in [0.25, 0.3) is 0 Å². The van der Waals surface area contributed by atoms with Crippen molar-refractivity contribution in [1.82, 2.24) is 5.32 Å². The fourth-order valence-corrected chi connectivity index (χ4v) is 2.23. The second-order valence-corrected chi connectivity index (χ2v) is 4.71. The standard InChI is InChI=1S/C15H20F3NO2/c1-3-10-14(13(20)21-4-2,19-11-15(16,17)18)12-8-6-5-7-9-12/h5-9,19H,3-4,10-11H2,1-2H3. The van der Waals surface area contributed by atoms with Crippen molar-refractivity contribution in [2.75, 3.05) is 13.2 Å². The SMILES string of the molecule is CCCC(NCC(F)(F)F)(C(=O)OCC)c1ccccc1. The van der Waals surface area contributed by atoms with Gasteiger partial charge in [-0.2, -0.15) is 13.2 Å². The molecule has 118 valence electrons. The Morgan fingerprint density at radius 2 is 1.81 bits per heavy atom. The normalized spacial score (nSPS) is 14.5. The van der Waals surface area contributed by atoms with Crippen LogP contribution in [0.3, 0.4) is 0 Å². The van der Waals surface area contributed by atoms with Crippen LogP contribution in [0, 0.1) is 0 Å². The zero-order valence-corrected chi connectivity index (χ0v) is 12.2. The van der Waals surface area contributed by atoms with Gasteiger partial charge in [0.2, 0.25) is 0 Å². The number of carbonyl (C=O) groups excluding carboxylic acids is 1. The number of alkyl halides is 3. The third-order valence-corrected chi connectivity index (χ3v) is 3.11. The lowest BCUT2D eigenvalue weighted by Crippen LogP contribution is -2.53. The molecule has 0 bridgehead atoms. The molecular formula is C15H20F3NO2. The van der Waals surface area contributed by atoms with E-state index >= 15 is 0 Å². The topological polar surface area (TPSA) is 38.3 Å². The van der Waals surface area contributed by atoms with Gasteiger partial charge in [-0.1, -0.05) is 43.7 Å². The number of nitrogens with one attached hydrogen (secondary N) is 1. The van der Waals surface area contributed by atoms with Gasteiger partial charge in [0.1, 0.15) is 5.54 Å². The lowest BCUT2D eigenvalue weighted by molar-refractivity contribution is -0.157. The minimum Gasteiger partial charge on any atom is -0.464 e. The molecule has 0 fully saturated rings. The average molecular weight is 303 g/mol. The molecule has 0 aliphatic rings. The number of esters is 1. The fourth-order valence-electron chi connectivity index (χ4n) is 2.23. The van der Waals surface area contributed by atoms with Crippen LogP contribution in [0.2, 0.25) is 0 Å². The Hall–Kier alpha value is -1.56. The smallest absolute Gasteiger partial charge is 0.401 e. The van der Waals surface area contributed by atoms with Crippen molar-refractivity contribution in [3.05, 3.63) is 35.9 Å². The number of hydrogen-bond acceptors (Lipinski definition) is 3. The quantitative estimate of drug-likeness (QED) is 0.785. The van der Waals surface area contributed by atoms with Crippen molar-refractivity contribution in [2.45, 2.75) is 38.4 Å². The van der Waals surface area contributed by atoms with Crippen LogP contribution in [0.15, 0.2) is 30.3 Å². The summed E-state index contributed by atoms with van der Waals surface area (Å²) in [5.41, 5.74) is -0.990. The number of ether oxygens (including phenoxy) is 1. The van der Waals surface area contributed by atoms with Gasteiger partial charge in [0.05, 0.1) is 13.2 Å². The molecule has 0 spiro atoms. The van der Waals surface area contributed by atoms with Crippen LogP contribution in [0.4, 0.5) is 13.2 Å². The second-order valence-electron chi connectivity index (χ2n) is 4.71. The molecule has 1 N–H and O–H groups in total. The molecule has 0 aromatic heterocycles. The molecule has 1 unspecified atom stereocenters. The van der Waals surface area contributed by atoms with Crippen molar-refractivity contribution in [1.29, 1.82) is 0 Å². The zero-order valence-electron chi connectivity index (χ0n) is 12.2. The van der Waals surface area contributed by atoms with Gasteiger partial charge in [-0.25, -0.2) is 4.79 Å². The van der Waals surface area contributed by atoms with Crippen molar-refractivity contribution in [3.8, 4) is 0 Å². The van der Waals surface area contributed by atoms with Gasteiger partial charge >= 0.3 is 12.1 Å². The number of rotatable bonds is 7. The number of carbonyl (C=O) groups is 1. The van der Waals surface area contributed by atoms with E-state index in [1.165, 1.54) is 0 Å². The largest absolute Gasteiger partial charge is 0.464 e. The van der Waals surface area contributed by atoms with Crippen LogP contribution in [0.25, 0.3) is 0 Å². The summed E-state index contributed by atoms with van der Waals surface area (Å²) in [7, 11) is 0. The molecule has 0 aliphatic carbocycles. The zero-order chi connectivity index (χ0) is 15.9. The van der Waals surface area contributed by atoms with E-state index in [1.807, 2.05) is 6.92 Å². The summed E-state index contributed by atoms with van der Waals surface area (Å²) in [5, 5.41) is 2.38. The van der Waals surface area contributed by atoms with Gasteiger partial charge in [-0.15, -0.1) is 0 Å². The van der Waals surface area contributed by atoms with Crippen LogP contribution in [-0.4, -0.2) is 25.3 Å². The van der Waals surface area contributed by atoms with Crippen molar-refractivity contribution < 1.29 is 22.7 Å². The van der Waals surface area contributed by atoms with Gasteiger partial charge in [0, 0.05) is 0 Å². The number of halogens is 3. The van der Waals surface area contributed by atoms with Crippen molar-refractivity contribution in [2.24, 2.45) is 0 Å². The van der Waals surface area contributed by atoms with E-state index in [4.69, 9.17) is 4.74 Å². The van der Waals surface area contributed by atoms with E-state index in [0.717, 1.165) is 0 Å². The maximum Gasteiger partial charge on any atom is 0.401 e. The summed E-state index contributed by atoms with van der Waals surface area (Å²) in [6.07, 6.45) is -3.63. The molecule has 0 amide bonds. The second kappa shape index (κ2) is 7.45. The van der Waals surface area contributed by atoms with Crippen LogP contribution in [0.5, 0.6) is 0 Å². The number of hydrogen-bond donors (Lipinski definition) is 1. The lowest BCUT2D eigenvalue weighted by Gasteiger charge is -2.33. The summed E-state index contributed by atoms with van der Waals surface area (Å²) >= 11 is 0. The highest BCUT2D eigenvalue weighted by Crippen LogP contribution is 2.30. The van der Waals surface area contributed by atoms with Crippen molar-refractivity contribution >= 4 is 5.97 Å². The Kier molecular flexibility index (Phi) is 6.20. The molecule has 21 heavy (non-hydrogen) atoms. The Bertz CT molecular complexity index is 448. The third-order valence-electron chi connectivity index (χ3n) is 3.11. The summed E-state index contributed by atoms with van der Waals surface area (Å²) in [4.78, 5) is 12.3. The Morgan fingerprint density at radius 3 is 2.29 bits per heavy atom. The maximum absolute atomic E-state index is 12.6. The molecule has 1 rings (SSSR count). The minimum absolute atomic E-state index is 0.116. The number of benzene rings is 1.